The van der Waals surface area contributed by atoms with Crippen LogP contribution in [0.4, 0.5) is 0 Å². The molecule has 5 rings (SSSR count). The van der Waals surface area contributed by atoms with Crippen molar-refractivity contribution in [2.75, 3.05) is 6.54 Å². The molecule has 0 amide bonds. The molecule has 0 fully saturated rings. The molecule has 0 unspecified atom stereocenters. The zero-order valence-electron chi connectivity index (χ0n) is 13.6. The van der Waals surface area contributed by atoms with Crippen molar-refractivity contribution in [1.82, 2.24) is 20.3 Å². The predicted octanol–water partition coefficient (Wildman–Crippen LogP) is 2.99. The molecular formula is C19H14ClN5O. The number of pyridine rings is 1. The number of fused-ring (bicyclic) bond motifs is 4. The van der Waals surface area contributed by atoms with Gasteiger partial charge in [-0.2, -0.15) is 0 Å². The highest BCUT2D eigenvalue weighted by molar-refractivity contribution is 6.29. The van der Waals surface area contributed by atoms with Gasteiger partial charge in [0.25, 0.3) is 0 Å². The summed E-state index contributed by atoms with van der Waals surface area (Å²) < 4.78 is 6.10. The van der Waals surface area contributed by atoms with E-state index in [1.807, 2.05) is 24.3 Å². The zero-order valence-corrected chi connectivity index (χ0v) is 14.4. The standard InChI is InChI=1S/C19H14ClN5O/c20-17-4-14-16(8-24-17)26-15-2-1-11(12-6-22-10-23-7-12)3-13(15)19(14)5-18(21)25-9-19/h1-8,10,25H,9,21H2/t19-/m0/s1. The van der Waals surface area contributed by atoms with E-state index in [1.54, 1.807) is 18.6 Å². The molecule has 7 heteroatoms. The molecule has 26 heavy (non-hydrogen) atoms. The monoisotopic (exact) mass is 363 g/mol. The maximum absolute atomic E-state index is 6.17. The summed E-state index contributed by atoms with van der Waals surface area (Å²) in [6.45, 7) is 0.622. The number of nitrogens with two attached hydrogens (primary N) is 1. The van der Waals surface area contributed by atoms with Crippen molar-refractivity contribution in [3.63, 3.8) is 0 Å². The second-order valence-corrected chi connectivity index (χ2v) is 6.76. The van der Waals surface area contributed by atoms with Crippen molar-refractivity contribution in [1.29, 1.82) is 0 Å². The van der Waals surface area contributed by atoms with Crippen LogP contribution in [-0.4, -0.2) is 21.5 Å². The third-order valence-electron chi connectivity index (χ3n) is 4.86. The highest BCUT2D eigenvalue weighted by atomic mass is 35.5. The number of nitrogens with zero attached hydrogens (tertiary/aromatic N) is 3. The first-order valence-corrected chi connectivity index (χ1v) is 8.49. The van der Waals surface area contributed by atoms with E-state index in [9.17, 15) is 0 Å². The molecule has 1 aromatic carbocycles. The topological polar surface area (TPSA) is 86.0 Å². The fraction of sp³-hybridized carbons (Fsp3) is 0.105. The number of rotatable bonds is 1. The molecule has 0 aliphatic carbocycles. The summed E-state index contributed by atoms with van der Waals surface area (Å²) in [5, 5.41) is 3.65. The first-order chi connectivity index (χ1) is 12.7. The molecule has 1 atom stereocenters. The summed E-state index contributed by atoms with van der Waals surface area (Å²) in [4.78, 5) is 12.4. The smallest absolute Gasteiger partial charge is 0.150 e. The van der Waals surface area contributed by atoms with Crippen LogP contribution >= 0.6 is 11.6 Å². The van der Waals surface area contributed by atoms with E-state index >= 15 is 0 Å². The van der Waals surface area contributed by atoms with Gasteiger partial charge in [0.2, 0.25) is 0 Å². The van der Waals surface area contributed by atoms with Gasteiger partial charge in [0.1, 0.15) is 23.0 Å². The molecule has 3 N–H and O–H groups in total. The van der Waals surface area contributed by atoms with Crippen LogP contribution in [0.2, 0.25) is 5.15 Å². The van der Waals surface area contributed by atoms with Crippen LogP contribution in [0.3, 0.4) is 0 Å². The lowest BCUT2D eigenvalue weighted by Crippen LogP contribution is -2.34. The second kappa shape index (κ2) is 5.44. The molecule has 3 aromatic rings. The number of benzene rings is 1. The maximum Gasteiger partial charge on any atom is 0.150 e. The molecule has 0 saturated carbocycles. The lowest BCUT2D eigenvalue weighted by atomic mass is 9.73. The quantitative estimate of drug-likeness (QED) is 0.646. The average Bonchev–Trinajstić information content (AvgIpc) is 3.06. The summed E-state index contributed by atoms with van der Waals surface area (Å²) in [7, 11) is 0. The fourth-order valence-electron chi connectivity index (χ4n) is 3.66. The van der Waals surface area contributed by atoms with E-state index in [-0.39, 0.29) is 0 Å². The van der Waals surface area contributed by atoms with Crippen molar-refractivity contribution in [3.8, 4) is 22.6 Å². The second-order valence-electron chi connectivity index (χ2n) is 6.37. The zero-order chi connectivity index (χ0) is 17.7. The molecule has 4 heterocycles. The van der Waals surface area contributed by atoms with Gasteiger partial charge in [-0.1, -0.05) is 17.7 Å². The van der Waals surface area contributed by atoms with Crippen LogP contribution in [0, 0.1) is 0 Å². The first kappa shape index (κ1) is 15.2. The number of ether oxygens (including phenoxy) is 1. The lowest BCUT2D eigenvalue weighted by Gasteiger charge is -2.35. The predicted molar refractivity (Wildman–Crippen MR) is 97.8 cm³/mol. The molecule has 0 radical (unpaired) electrons. The minimum atomic E-state index is -0.467. The summed E-state index contributed by atoms with van der Waals surface area (Å²) in [6.07, 6.45) is 8.77. The van der Waals surface area contributed by atoms with Crippen LogP contribution in [0.1, 0.15) is 11.1 Å². The van der Waals surface area contributed by atoms with Gasteiger partial charge < -0.3 is 15.8 Å². The van der Waals surface area contributed by atoms with Crippen LogP contribution < -0.4 is 15.8 Å². The SMILES string of the molecule is NC1=C[C@]2(CN1)c1cc(-c3cncnc3)ccc1Oc1cnc(Cl)cc12. The average molecular weight is 364 g/mol. The number of hydrogen-bond acceptors (Lipinski definition) is 6. The number of nitrogens with one attached hydrogen (secondary N) is 1. The summed E-state index contributed by atoms with van der Waals surface area (Å²) in [6, 6.07) is 7.89. The van der Waals surface area contributed by atoms with E-state index in [4.69, 9.17) is 22.1 Å². The van der Waals surface area contributed by atoms with Gasteiger partial charge in [-0.3, -0.25) is 0 Å². The van der Waals surface area contributed by atoms with Crippen LogP contribution in [0.15, 0.2) is 61.1 Å². The van der Waals surface area contributed by atoms with E-state index in [1.165, 1.54) is 6.33 Å². The van der Waals surface area contributed by atoms with E-state index in [0.717, 1.165) is 28.0 Å². The largest absolute Gasteiger partial charge is 0.455 e. The molecule has 6 nitrogen and oxygen atoms in total. The molecular weight excluding hydrogens is 350 g/mol. The molecule has 0 bridgehead atoms. The minimum Gasteiger partial charge on any atom is -0.455 e. The molecule has 0 saturated heterocycles. The van der Waals surface area contributed by atoms with Crippen LogP contribution in [0.5, 0.6) is 11.5 Å². The summed E-state index contributed by atoms with van der Waals surface area (Å²) >= 11 is 6.17. The number of aromatic nitrogens is 3. The Labute approximate surface area is 154 Å². The van der Waals surface area contributed by atoms with Crippen molar-refractivity contribution >= 4 is 11.6 Å². The molecule has 2 aliphatic rings. The van der Waals surface area contributed by atoms with Crippen molar-refractivity contribution in [2.45, 2.75) is 5.41 Å². The van der Waals surface area contributed by atoms with Crippen LogP contribution in [0.25, 0.3) is 11.1 Å². The van der Waals surface area contributed by atoms with Gasteiger partial charge in [0.15, 0.2) is 0 Å². The Bertz CT molecular complexity index is 1050. The number of halogens is 1. The number of hydrogen-bond donors (Lipinski definition) is 2. The Morgan fingerprint density at radius 2 is 1.85 bits per heavy atom. The van der Waals surface area contributed by atoms with Crippen molar-refractivity contribution in [3.05, 3.63) is 77.4 Å². The summed E-state index contributed by atoms with van der Waals surface area (Å²) in [5.41, 5.74) is 9.52. The fourth-order valence-corrected chi connectivity index (χ4v) is 3.82. The Hall–Kier alpha value is -3.12. The third-order valence-corrected chi connectivity index (χ3v) is 5.07. The Balaban J connectivity index is 1.76. The van der Waals surface area contributed by atoms with Gasteiger partial charge in [-0.25, -0.2) is 15.0 Å². The highest BCUT2D eigenvalue weighted by Gasteiger charge is 2.44. The van der Waals surface area contributed by atoms with Crippen molar-refractivity contribution in [2.24, 2.45) is 5.73 Å². The van der Waals surface area contributed by atoms with Crippen LogP contribution in [-0.2, 0) is 5.41 Å². The molecule has 2 aromatic heterocycles. The van der Waals surface area contributed by atoms with E-state index in [2.05, 4.69) is 26.3 Å². The van der Waals surface area contributed by atoms with Gasteiger partial charge in [-0.15, -0.1) is 0 Å². The maximum atomic E-state index is 6.17. The molecule has 1 spiro atoms. The van der Waals surface area contributed by atoms with Gasteiger partial charge in [0.05, 0.1) is 17.4 Å². The first-order valence-electron chi connectivity index (χ1n) is 8.12. The van der Waals surface area contributed by atoms with Crippen molar-refractivity contribution < 1.29 is 4.74 Å². The van der Waals surface area contributed by atoms with E-state index < -0.39 is 5.41 Å². The van der Waals surface area contributed by atoms with Gasteiger partial charge in [-0.05, 0) is 29.8 Å². The Kier molecular flexibility index (Phi) is 3.17. The molecule has 2 aliphatic heterocycles. The van der Waals surface area contributed by atoms with Gasteiger partial charge >= 0.3 is 0 Å². The lowest BCUT2D eigenvalue weighted by molar-refractivity contribution is 0.422. The Morgan fingerprint density at radius 3 is 2.62 bits per heavy atom. The highest BCUT2D eigenvalue weighted by Crippen LogP contribution is 2.51. The summed E-state index contributed by atoms with van der Waals surface area (Å²) in [5.74, 6) is 2.09. The Morgan fingerprint density at radius 1 is 1.04 bits per heavy atom. The van der Waals surface area contributed by atoms with E-state index in [0.29, 0.717) is 23.3 Å². The minimum absolute atomic E-state index is 0.418. The van der Waals surface area contributed by atoms with Gasteiger partial charge in [0, 0.05) is 35.6 Å². The molecule has 128 valence electrons. The normalized spacial score (nSPS) is 20.0. The third kappa shape index (κ3) is 2.16.